The summed E-state index contributed by atoms with van der Waals surface area (Å²) in [6, 6.07) is 0. The van der Waals surface area contributed by atoms with E-state index in [0.717, 1.165) is 0 Å². The van der Waals surface area contributed by atoms with Crippen molar-refractivity contribution < 1.29 is 28.5 Å². The van der Waals surface area contributed by atoms with E-state index < -0.39 is 0 Å². The fourth-order valence-corrected chi connectivity index (χ4v) is 1.61. The van der Waals surface area contributed by atoms with Gasteiger partial charge in [-0.1, -0.05) is 0 Å². The van der Waals surface area contributed by atoms with Crippen LogP contribution in [0.1, 0.15) is 40.5 Å². The summed E-state index contributed by atoms with van der Waals surface area (Å²) in [6.07, 6.45) is 1.04. The molecule has 0 radical (unpaired) electrons. The van der Waals surface area contributed by atoms with Crippen LogP contribution in [0.5, 0.6) is 0 Å². The highest BCUT2D eigenvalue weighted by molar-refractivity contribution is 5.69. The molecule has 0 fully saturated rings. The van der Waals surface area contributed by atoms with Crippen molar-refractivity contribution in [1.29, 1.82) is 0 Å². The SMILES string of the molecule is CCOCCOCC(C)OCCOCCCC(=O)OC(C)C. The Bertz CT molecular complexity index is 257. The predicted octanol–water partition coefficient (Wildman–Crippen LogP) is 2.19. The quantitative estimate of drug-likeness (QED) is 0.340. The van der Waals surface area contributed by atoms with Crippen molar-refractivity contribution in [3.63, 3.8) is 0 Å². The second-order valence-corrected chi connectivity index (χ2v) is 5.21. The van der Waals surface area contributed by atoms with Gasteiger partial charge in [-0.25, -0.2) is 0 Å². The Kier molecular flexibility index (Phi) is 14.7. The number of hydrogen-bond donors (Lipinski definition) is 0. The van der Waals surface area contributed by atoms with Crippen LogP contribution >= 0.6 is 0 Å². The van der Waals surface area contributed by atoms with Crippen LogP contribution in [0.15, 0.2) is 0 Å². The minimum atomic E-state index is -0.173. The van der Waals surface area contributed by atoms with E-state index in [-0.39, 0.29) is 18.2 Å². The molecule has 6 nitrogen and oxygen atoms in total. The molecule has 0 rings (SSSR count). The Balaban J connectivity index is 3.26. The first-order valence-electron chi connectivity index (χ1n) is 8.10. The Labute approximate surface area is 134 Å². The molecule has 0 aliphatic rings. The fourth-order valence-electron chi connectivity index (χ4n) is 1.61. The molecule has 0 aromatic carbocycles. The monoisotopic (exact) mass is 320 g/mol. The molecule has 0 bridgehead atoms. The van der Waals surface area contributed by atoms with Crippen molar-refractivity contribution in [2.24, 2.45) is 0 Å². The van der Waals surface area contributed by atoms with Gasteiger partial charge in [-0.2, -0.15) is 0 Å². The lowest BCUT2D eigenvalue weighted by atomic mass is 10.3. The zero-order chi connectivity index (χ0) is 16.6. The predicted molar refractivity (Wildman–Crippen MR) is 84.0 cm³/mol. The minimum Gasteiger partial charge on any atom is -0.463 e. The smallest absolute Gasteiger partial charge is 0.306 e. The average molecular weight is 320 g/mol. The maximum atomic E-state index is 11.3. The number of carbonyl (C=O) groups is 1. The maximum Gasteiger partial charge on any atom is 0.306 e. The number of carbonyl (C=O) groups excluding carboxylic acids is 1. The molecule has 1 atom stereocenters. The summed E-state index contributed by atoms with van der Waals surface area (Å²) in [4.78, 5) is 11.3. The standard InChI is InChI=1S/C16H32O6/c1-5-18-9-10-20-13-15(4)21-12-11-19-8-6-7-16(17)22-14(2)3/h14-15H,5-13H2,1-4H3. The van der Waals surface area contributed by atoms with Crippen molar-refractivity contribution in [2.75, 3.05) is 46.2 Å². The first-order valence-corrected chi connectivity index (χ1v) is 8.10. The third-order valence-corrected chi connectivity index (χ3v) is 2.60. The van der Waals surface area contributed by atoms with Crippen LogP contribution in [-0.4, -0.2) is 64.4 Å². The van der Waals surface area contributed by atoms with E-state index in [4.69, 9.17) is 23.7 Å². The molecule has 0 aliphatic carbocycles. The molecule has 0 spiro atoms. The van der Waals surface area contributed by atoms with E-state index in [1.807, 2.05) is 27.7 Å². The van der Waals surface area contributed by atoms with Crippen molar-refractivity contribution >= 4 is 5.97 Å². The molecule has 0 amide bonds. The largest absolute Gasteiger partial charge is 0.463 e. The van der Waals surface area contributed by atoms with Crippen LogP contribution in [0.4, 0.5) is 0 Å². The van der Waals surface area contributed by atoms with Crippen LogP contribution in [-0.2, 0) is 28.5 Å². The second kappa shape index (κ2) is 15.2. The van der Waals surface area contributed by atoms with E-state index in [1.165, 1.54) is 0 Å². The molecule has 132 valence electrons. The van der Waals surface area contributed by atoms with Crippen molar-refractivity contribution in [1.82, 2.24) is 0 Å². The molecule has 0 aromatic rings. The lowest BCUT2D eigenvalue weighted by Gasteiger charge is -2.13. The number of hydrogen-bond acceptors (Lipinski definition) is 6. The maximum absolute atomic E-state index is 11.3. The zero-order valence-corrected chi connectivity index (χ0v) is 14.5. The summed E-state index contributed by atoms with van der Waals surface area (Å²) in [5.41, 5.74) is 0. The summed E-state index contributed by atoms with van der Waals surface area (Å²) in [5, 5.41) is 0. The number of rotatable bonds is 15. The molecule has 0 saturated carbocycles. The van der Waals surface area contributed by atoms with Crippen molar-refractivity contribution in [3.05, 3.63) is 0 Å². The van der Waals surface area contributed by atoms with Crippen LogP contribution in [0, 0.1) is 0 Å². The van der Waals surface area contributed by atoms with Gasteiger partial charge in [0.1, 0.15) is 0 Å². The second-order valence-electron chi connectivity index (χ2n) is 5.21. The average Bonchev–Trinajstić information content (AvgIpc) is 2.45. The van der Waals surface area contributed by atoms with Gasteiger partial charge in [0.25, 0.3) is 0 Å². The van der Waals surface area contributed by atoms with Gasteiger partial charge in [0.2, 0.25) is 0 Å². The summed E-state index contributed by atoms with van der Waals surface area (Å²) in [7, 11) is 0. The van der Waals surface area contributed by atoms with Gasteiger partial charge in [0, 0.05) is 19.6 Å². The normalized spacial score (nSPS) is 12.6. The van der Waals surface area contributed by atoms with Crippen LogP contribution in [0.3, 0.4) is 0 Å². The van der Waals surface area contributed by atoms with E-state index in [1.54, 1.807) is 0 Å². The van der Waals surface area contributed by atoms with Gasteiger partial charge in [0.05, 0.1) is 45.2 Å². The molecule has 22 heavy (non-hydrogen) atoms. The highest BCUT2D eigenvalue weighted by Gasteiger charge is 2.05. The Morgan fingerprint density at radius 2 is 1.59 bits per heavy atom. The summed E-state index contributed by atoms with van der Waals surface area (Å²) < 4.78 is 26.6. The molecular formula is C16H32O6. The van der Waals surface area contributed by atoms with Gasteiger partial charge >= 0.3 is 5.97 Å². The van der Waals surface area contributed by atoms with Gasteiger partial charge in [0.15, 0.2) is 0 Å². The van der Waals surface area contributed by atoms with Gasteiger partial charge in [-0.15, -0.1) is 0 Å². The minimum absolute atomic E-state index is 0.0336. The Morgan fingerprint density at radius 3 is 2.27 bits per heavy atom. The third kappa shape index (κ3) is 15.7. The van der Waals surface area contributed by atoms with Crippen LogP contribution < -0.4 is 0 Å². The molecule has 0 saturated heterocycles. The van der Waals surface area contributed by atoms with Gasteiger partial charge in [-0.05, 0) is 34.1 Å². The van der Waals surface area contributed by atoms with Crippen molar-refractivity contribution in [2.45, 2.75) is 52.7 Å². The first-order chi connectivity index (χ1) is 10.6. The lowest BCUT2D eigenvalue weighted by Crippen LogP contribution is -2.20. The molecule has 6 heteroatoms. The van der Waals surface area contributed by atoms with E-state index in [9.17, 15) is 4.79 Å². The third-order valence-electron chi connectivity index (χ3n) is 2.60. The molecule has 0 aromatic heterocycles. The summed E-state index contributed by atoms with van der Waals surface area (Å²) in [5.74, 6) is -0.173. The topological polar surface area (TPSA) is 63.2 Å². The first kappa shape index (κ1) is 21.3. The van der Waals surface area contributed by atoms with E-state index in [2.05, 4.69) is 0 Å². The van der Waals surface area contributed by atoms with Crippen LogP contribution in [0.2, 0.25) is 0 Å². The number of esters is 1. The molecule has 0 heterocycles. The van der Waals surface area contributed by atoms with Gasteiger partial charge in [-0.3, -0.25) is 4.79 Å². The molecule has 0 aliphatic heterocycles. The van der Waals surface area contributed by atoms with E-state index in [0.29, 0.717) is 59.1 Å². The summed E-state index contributed by atoms with van der Waals surface area (Å²) in [6.45, 7) is 11.6. The van der Waals surface area contributed by atoms with Crippen molar-refractivity contribution in [3.8, 4) is 0 Å². The Hall–Kier alpha value is -0.690. The fraction of sp³-hybridized carbons (Fsp3) is 0.938. The highest BCUT2D eigenvalue weighted by atomic mass is 16.6. The number of ether oxygens (including phenoxy) is 5. The van der Waals surface area contributed by atoms with Crippen LogP contribution in [0.25, 0.3) is 0 Å². The van der Waals surface area contributed by atoms with E-state index >= 15 is 0 Å². The van der Waals surface area contributed by atoms with Gasteiger partial charge < -0.3 is 23.7 Å². The molecule has 1 unspecified atom stereocenters. The molecular weight excluding hydrogens is 288 g/mol. The Morgan fingerprint density at radius 1 is 0.909 bits per heavy atom. The lowest BCUT2D eigenvalue weighted by molar-refractivity contribution is -0.147. The highest BCUT2D eigenvalue weighted by Crippen LogP contribution is 1.98. The molecule has 0 N–H and O–H groups in total. The summed E-state index contributed by atoms with van der Waals surface area (Å²) >= 11 is 0. The zero-order valence-electron chi connectivity index (χ0n) is 14.5.